The molecule has 0 aromatic heterocycles. The first-order valence-electron chi connectivity index (χ1n) is 2.30. The minimum absolute atomic E-state index is 0.422. The highest BCUT2D eigenvalue weighted by Gasteiger charge is 2.47. The first-order chi connectivity index (χ1) is 3.91. The summed E-state index contributed by atoms with van der Waals surface area (Å²) in [5.74, 6) is 0. The smallest absolute Gasteiger partial charge is 0.177 e. The van der Waals surface area contributed by atoms with E-state index in [0.717, 1.165) is 0 Å². The maximum atomic E-state index is 4.66. The summed E-state index contributed by atoms with van der Waals surface area (Å²) in [6, 6.07) is 0. The van der Waals surface area contributed by atoms with E-state index >= 15 is 0 Å². The molecular weight excluding hydrogens is 124 g/mol. The van der Waals surface area contributed by atoms with Crippen molar-refractivity contribution in [1.82, 2.24) is 0 Å². The largest absolute Gasteiger partial charge is 0.302 e. The summed E-state index contributed by atoms with van der Waals surface area (Å²) >= 11 is 1.52. The van der Waals surface area contributed by atoms with Gasteiger partial charge in [0.15, 0.2) is 0 Å². The molecule has 1 spiro atoms. The minimum Gasteiger partial charge on any atom is -0.177 e. The molecule has 0 saturated carbocycles. The second-order valence-corrected chi connectivity index (χ2v) is 2.65. The predicted molar refractivity (Wildman–Crippen MR) is 30.8 cm³/mol. The van der Waals surface area contributed by atoms with Crippen molar-refractivity contribution in [2.45, 2.75) is 5.12 Å². The number of thioether (sulfide) groups is 1. The summed E-state index contributed by atoms with van der Waals surface area (Å²) in [4.78, 5) is 9.32. The van der Waals surface area contributed by atoms with Crippen molar-refractivity contribution in [3.8, 4) is 0 Å². The highest BCUT2D eigenvalue weighted by atomic mass is 32.2. The third-order valence-electron chi connectivity index (χ3n) is 0.970. The highest BCUT2D eigenvalue weighted by Crippen LogP contribution is 2.44. The van der Waals surface area contributed by atoms with Gasteiger partial charge in [0.1, 0.15) is 0 Å². The van der Waals surface area contributed by atoms with Crippen molar-refractivity contribution in [3.05, 3.63) is 23.6 Å². The summed E-state index contributed by atoms with van der Waals surface area (Å²) in [6.45, 7) is 0. The summed E-state index contributed by atoms with van der Waals surface area (Å²) in [7, 11) is 0. The Hall–Kier alpha value is -0.250. The molecular formula is C5H4O2S. The summed E-state index contributed by atoms with van der Waals surface area (Å²) in [6.07, 6.45) is 5.72. The van der Waals surface area contributed by atoms with Crippen molar-refractivity contribution >= 4 is 11.8 Å². The van der Waals surface area contributed by atoms with Gasteiger partial charge in [-0.25, -0.2) is 0 Å². The predicted octanol–water partition coefficient (Wildman–Crippen LogP) is 1.42. The lowest BCUT2D eigenvalue weighted by Crippen LogP contribution is -1.97. The van der Waals surface area contributed by atoms with Crippen LogP contribution in [0.2, 0.25) is 0 Å². The van der Waals surface area contributed by atoms with Crippen LogP contribution in [0.3, 0.4) is 0 Å². The highest BCUT2D eigenvalue weighted by molar-refractivity contribution is 8.03. The fourth-order valence-electron chi connectivity index (χ4n) is 0.528. The van der Waals surface area contributed by atoms with Gasteiger partial charge in [-0.05, 0) is 11.5 Å². The lowest BCUT2D eigenvalue weighted by Gasteiger charge is -1.96. The van der Waals surface area contributed by atoms with Crippen LogP contribution >= 0.6 is 11.8 Å². The van der Waals surface area contributed by atoms with Crippen molar-refractivity contribution in [3.63, 3.8) is 0 Å². The molecule has 0 radical (unpaired) electrons. The third kappa shape index (κ3) is 0.596. The number of hydrogen-bond acceptors (Lipinski definition) is 3. The van der Waals surface area contributed by atoms with Gasteiger partial charge in [0.05, 0.1) is 0 Å². The Morgan fingerprint density at radius 1 is 1.25 bits per heavy atom. The van der Waals surface area contributed by atoms with Crippen LogP contribution in [0.4, 0.5) is 0 Å². The van der Waals surface area contributed by atoms with E-state index in [-0.39, 0.29) is 0 Å². The zero-order valence-corrected chi connectivity index (χ0v) is 4.85. The molecule has 2 rings (SSSR count). The van der Waals surface area contributed by atoms with Gasteiger partial charge in [0.2, 0.25) is 0 Å². The van der Waals surface area contributed by atoms with Crippen LogP contribution in [-0.2, 0) is 9.78 Å². The van der Waals surface area contributed by atoms with Gasteiger partial charge in [0.25, 0.3) is 0 Å². The Morgan fingerprint density at radius 3 is 2.50 bits per heavy atom. The van der Waals surface area contributed by atoms with Gasteiger partial charge >= 0.3 is 5.12 Å². The van der Waals surface area contributed by atoms with E-state index in [9.17, 15) is 0 Å². The molecule has 2 aliphatic heterocycles. The molecule has 0 bridgehead atoms. The van der Waals surface area contributed by atoms with Gasteiger partial charge < -0.3 is 0 Å². The van der Waals surface area contributed by atoms with Gasteiger partial charge in [-0.15, -0.1) is 0 Å². The van der Waals surface area contributed by atoms with E-state index < -0.39 is 5.12 Å². The van der Waals surface area contributed by atoms with Crippen LogP contribution in [0.5, 0.6) is 0 Å². The molecule has 42 valence electrons. The summed E-state index contributed by atoms with van der Waals surface area (Å²) < 4.78 is 0. The van der Waals surface area contributed by atoms with E-state index in [4.69, 9.17) is 0 Å². The molecule has 1 fully saturated rings. The molecule has 0 unspecified atom stereocenters. The van der Waals surface area contributed by atoms with E-state index in [0.29, 0.717) is 0 Å². The maximum Gasteiger partial charge on any atom is 0.302 e. The van der Waals surface area contributed by atoms with E-state index in [2.05, 4.69) is 9.78 Å². The minimum atomic E-state index is -0.422. The average molecular weight is 128 g/mol. The molecule has 1 saturated heterocycles. The Labute approximate surface area is 51.1 Å². The van der Waals surface area contributed by atoms with Crippen molar-refractivity contribution in [2.75, 3.05) is 0 Å². The second kappa shape index (κ2) is 1.37. The SMILES string of the molecule is C1=CSC2(C=C1)OO2. The lowest BCUT2D eigenvalue weighted by atomic mass is 10.5. The second-order valence-electron chi connectivity index (χ2n) is 1.58. The fourth-order valence-corrected chi connectivity index (χ4v) is 1.16. The molecule has 2 aliphatic rings. The molecule has 8 heavy (non-hydrogen) atoms. The van der Waals surface area contributed by atoms with Crippen LogP contribution in [0.25, 0.3) is 0 Å². The van der Waals surface area contributed by atoms with Gasteiger partial charge in [0, 0.05) is 0 Å². The monoisotopic (exact) mass is 128 g/mol. The molecule has 0 aromatic rings. The number of hydrogen-bond donors (Lipinski definition) is 0. The van der Waals surface area contributed by atoms with E-state index in [1.165, 1.54) is 11.8 Å². The molecule has 3 heteroatoms. The van der Waals surface area contributed by atoms with Gasteiger partial charge in [-0.2, -0.15) is 9.78 Å². The van der Waals surface area contributed by atoms with Gasteiger partial charge in [-0.3, -0.25) is 0 Å². The zero-order chi connectivity index (χ0) is 5.45. The fraction of sp³-hybridized carbons (Fsp3) is 0.200. The maximum absolute atomic E-state index is 4.66. The van der Waals surface area contributed by atoms with Crippen LogP contribution in [0, 0.1) is 0 Å². The van der Waals surface area contributed by atoms with Crippen molar-refractivity contribution in [1.29, 1.82) is 0 Å². The first kappa shape index (κ1) is 4.61. The first-order valence-corrected chi connectivity index (χ1v) is 3.18. The van der Waals surface area contributed by atoms with Crippen LogP contribution in [0.1, 0.15) is 0 Å². The lowest BCUT2D eigenvalue weighted by molar-refractivity contribution is 0.0850. The molecule has 0 aromatic carbocycles. The van der Waals surface area contributed by atoms with Crippen LogP contribution in [-0.4, -0.2) is 5.12 Å². The third-order valence-corrected chi connectivity index (χ3v) is 1.86. The normalized spacial score (nSPS) is 29.0. The van der Waals surface area contributed by atoms with Crippen LogP contribution < -0.4 is 0 Å². The Balaban J connectivity index is 2.20. The number of allylic oxidation sites excluding steroid dienone is 2. The van der Waals surface area contributed by atoms with Crippen LogP contribution in [0.15, 0.2) is 23.6 Å². The topological polar surface area (TPSA) is 25.1 Å². The Bertz CT molecular complexity index is 158. The van der Waals surface area contributed by atoms with Crippen molar-refractivity contribution < 1.29 is 9.78 Å². The summed E-state index contributed by atoms with van der Waals surface area (Å²) in [5, 5.41) is 1.52. The zero-order valence-electron chi connectivity index (χ0n) is 4.03. The Morgan fingerprint density at radius 2 is 2.12 bits per heavy atom. The summed E-state index contributed by atoms with van der Waals surface area (Å²) in [5.41, 5.74) is 0. The van der Waals surface area contributed by atoms with E-state index in [1.54, 1.807) is 0 Å². The molecule has 0 atom stereocenters. The molecule has 0 aliphatic carbocycles. The van der Waals surface area contributed by atoms with Gasteiger partial charge in [-0.1, -0.05) is 23.9 Å². The van der Waals surface area contributed by atoms with Crippen molar-refractivity contribution in [2.24, 2.45) is 0 Å². The van der Waals surface area contributed by atoms with E-state index in [1.807, 2.05) is 23.6 Å². The molecule has 2 heterocycles. The average Bonchev–Trinajstić information content (AvgIpc) is 2.52. The molecule has 0 amide bonds. The quantitative estimate of drug-likeness (QED) is 0.364. The number of rotatable bonds is 0. The standard InChI is InChI=1S/C5H4O2S/c1-2-4-8-5(3-1)6-7-5/h1-4H. The molecule has 2 nitrogen and oxygen atoms in total. The Kier molecular flexibility index (Phi) is 0.791. The molecule has 0 N–H and O–H groups in total.